The van der Waals surface area contributed by atoms with Gasteiger partial charge in [-0.25, -0.2) is 0 Å². The molecule has 0 bridgehead atoms. The van der Waals surface area contributed by atoms with Crippen molar-refractivity contribution >= 4 is 58.1 Å². The summed E-state index contributed by atoms with van der Waals surface area (Å²) in [6.07, 6.45) is 1.05. The second-order valence-corrected chi connectivity index (χ2v) is 8.28. The number of carbonyl (C=O) groups excluding carboxylic acids is 3. The van der Waals surface area contributed by atoms with Gasteiger partial charge in [-0.05, 0) is 25.1 Å². The van der Waals surface area contributed by atoms with Crippen LogP contribution < -0.4 is 16.0 Å². The second kappa shape index (κ2) is 9.63. The van der Waals surface area contributed by atoms with Crippen LogP contribution in [0.5, 0.6) is 0 Å². The average Bonchev–Trinajstić information content (AvgIpc) is 3.03. The summed E-state index contributed by atoms with van der Waals surface area (Å²) in [4.78, 5) is 46.9. The lowest BCUT2D eigenvalue weighted by Crippen LogP contribution is -2.26. The molecule has 1 saturated heterocycles. The number of non-ortho nitro benzene ring substituents is 1. The molecule has 0 aromatic heterocycles. The number of nitrogens with zero attached hydrogens (tertiary/aromatic N) is 1. The Kier molecular flexibility index (Phi) is 6.93. The highest BCUT2D eigenvalue weighted by Gasteiger charge is 2.31. The molecule has 0 saturated carbocycles. The minimum Gasteiger partial charge on any atom is -0.325 e. The molecule has 2 aromatic carbocycles. The van der Waals surface area contributed by atoms with Crippen molar-refractivity contribution in [2.24, 2.45) is 0 Å². The fourth-order valence-electron chi connectivity index (χ4n) is 2.67. The monoisotopic (exact) mass is 460 g/mol. The lowest BCUT2D eigenvalue weighted by molar-refractivity contribution is -0.384. The molecule has 1 aliphatic heterocycles. The summed E-state index contributed by atoms with van der Waals surface area (Å²) in [7, 11) is 0. The Morgan fingerprint density at radius 2 is 1.94 bits per heavy atom. The Hall–Kier alpha value is -3.37. The van der Waals surface area contributed by atoms with E-state index in [1.165, 1.54) is 18.2 Å². The van der Waals surface area contributed by atoms with Crippen molar-refractivity contribution in [1.82, 2.24) is 5.32 Å². The van der Waals surface area contributed by atoms with Gasteiger partial charge in [-0.1, -0.05) is 41.1 Å². The van der Waals surface area contributed by atoms with Crippen molar-refractivity contribution in [2.75, 3.05) is 10.6 Å². The number of thioether (sulfide) groups is 1. The van der Waals surface area contributed by atoms with Gasteiger partial charge in [0.15, 0.2) is 0 Å². The van der Waals surface area contributed by atoms with Crippen LogP contribution in [0.25, 0.3) is 0 Å². The van der Waals surface area contributed by atoms with Gasteiger partial charge < -0.3 is 16.0 Å². The lowest BCUT2D eigenvalue weighted by atomic mass is 10.2. The number of nitro groups is 1. The van der Waals surface area contributed by atoms with E-state index >= 15 is 0 Å². The number of hydrogen-bond donors (Lipinski definition) is 3. The Morgan fingerprint density at radius 3 is 2.61 bits per heavy atom. The molecule has 0 spiro atoms. The normalized spacial score (nSPS) is 16.6. The average molecular weight is 461 g/mol. The summed E-state index contributed by atoms with van der Waals surface area (Å²) in [5, 5.41) is 18.3. The van der Waals surface area contributed by atoms with Crippen LogP contribution in [0.1, 0.15) is 12.0 Å². The number of rotatable bonds is 6. The predicted octanol–water partition coefficient (Wildman–Crippen LogP) is 3.60. The quantitative estimate of drug-likeness (QED) is 0.343. The molecule has 1 heterocycles. The molecular weight excluding hydrogens is 444 g/mol. The minimum absolute atomic E-state index is 0.0810. The molecule has 31 heavy (non-hydrogen) atoms. The van der Waals surface area contributed by atoms with E-state index < -0.39 is 27.9 Å². The molecule has 3 rings (SSSR count). The van der Waals surface area contributed by atoms with Crippen LogP contribution in [0.2, 0.25) is 5.02 Å². The molecule has 9 nitrogen and oxygen atoms in total. The summed E-state index contributed by atoms with van der Waals surface area (Å²) in [6.45, 7) is 1.93. The number of anilines is 2. The Labute approximate surface area is 186 Å². The Bertz CT molecular complexity index is 1090. The van der Waals surface area contributed by atoms with Gasteiger partial charge in [0, 0.05) is 30.3 Å². The number of nitro benzene ring substituents is 1. The molecule has 3 N–H and O–H groups in total. The predicted molar refractivity (Wildman–Crippen MR) is 119 cm³/mol. The first-order valence-corrected chi connectivity index (χ1v) is 10.3. The molecular formula is C20H17ClN4O5S. The highest BCUT2D eigenvalue weighted by Crippen LogP contribution is 2.31. The van der Waals surface area contributed by atoms with Gasteiger partial charge in [-0.3, -0.25) is 24.5 Å². The van der Waals surface area contributed by atoms with Crippen molar-refractivity contribution in [3.05, 3.63) is 74.3 Å². The van der Waals surface area contributed by atoms with Crippen LogP contribution in [0.15, 0.2) is 53.6 Å². The fraction of sp³-hybridized carbons (Fsp3) is 0.150. The maximum absolute atomic E-state index is 12.3. The van der Waals surface area contributed by atoms with Gasteiger partial charge in [-0.2, -0.15) is 0 Å². The van der Waals surface area contributed by atoms with E-state index in [0.717, 1.165) is 23.4 Å². The van der Waals surface area contributed by atoms with Crippen LogP contribution in [-0.4, -0.2) is 27.9 Å². The van der Waals surface area contributed by atoms with Crippen LogP contribution in [0, 0.1) is 17.0 Å². The number of carbonyl (C=O) groups is 3. The number of benzene rings is 2. The minimum atomic E-state index is -0.754. The standard InChI is InChI=1S/C20H17ClN4O5S/c1-11-2-4-12(5-3-11)22-18(27)10-19-24-20(28)16(31-19)9-17(26)23-15-8-13(25(29)30)6-7-14(15)21/h2-8,10,16H,9H2,1H3,(H,22,27)(H,23,26)(H,24,28)/b19-10-. The topological polar surface area (TPSA) is 130 Å². The number of aryl methyl sites for hydroxylation is 1. The van der Waals surface area contributed by atoms with Crippen molar-refractivity contribution in [1.29, 1.82) is 0 Å². The van der Waals surface area contributed by atoms with Crippen molar-refractivity contribution in [3.63, 3.8) is 0 Å². The highest BCUT2D eigenvalue weighted by molar-refractivity contribution is 8.04. The highest BCUT2D eigenvalue weighted by atomic mass is 35.5. The summed E-state index contributed by atoms with van der Waals surface area (Å²) in [6, 6.07) is 10.9. The Balaban J connectivity index is 1.59. The van der Waals surface area contributed by atoms with Gasteiger partial charge >= 0.3 is 0 Å². The van der Waals surface area contributed by atoms with Gasteiger partial charge in [0.05, 0.1) is 25.9 Å². The summed E-state index contributed by atoms with van der Waals surface area (Å²) in [5.74, 6) is -1.37. The molecule has 2 aromatic rings. The molecule has 1 unspecified atom stereocenters. The number of amides is 3. The van der Waals surface area contributed by atoms with Crippen molar-refractivity contribution in [3.8, 4) is 0 Å². The molecule has 0 radical (unpaired) electrons. The zero-order valence-electron chi connectivity index (χ0n) is 16.2. The molecule has 1 atom stereocenters. The summed E-state index contributed by atoms with van der Waals surface area (Å²) >= 11 is 7.02. The first kappa shape index (κ1) is 22.3. The van der Waals surface area contributed by atoms with E-state index in [-0.39, 0.29) is 22.8 Å². The lowest BCUT2D eigenvalue weighted by Gasteiger charge is -2.09. The maximum Gasteiger partial charge on any atom is 0.271 e. The first-order valence-electron chi connectivity index (χ1n) is 9.02. The van der Waals surface area contributed by atoms with E-state index in [1.54, 1.807) is 12.1 Å². The summed E-state index contributed by atoms with van der Waals surface area (Å²) in [5.41, 5.74) is 1.53. The molecule has 0 aliphatic carbocycles. The first-order chi connectivity index (χ1) is 14.7. The van der Waals surface area contributed by atoms with E-state index in [4.69, 9.17) is 11.6 Å². The molecule has 1 aliphatic rings. The molecule has 3 amide bonds. The van der Waals surface area contributed by atoms with Crippen LogP contribution in [0.4, 0.5) is 17.1 Å². The van der Waals surface area contributed by atoms with Crippen LogP contribution >= 0.6 is 23.4 Å². The van der Waals surface area contributed by atoms with Gasteiger partial charge in [0.2, 0.25) is 11.8 Å². The van der Waals surface area contributed by atoms with E-state index in [1.807, 2.05) is 19.1 Å². The third kappa shape index (κ3) is 6.06. The molecule has 11 heteroatoms. The Morgan fingerprint density at radius 1 is 1.23 bits per heavy atom. The largest absolute Gasteiger partial charge is 0.325 e. The SMILES string of the molecule is Cc1ccc(NC(=O)/C=C2/NC(=O)C(CC(=O)Nc3cc([N+](=O)[O-])ccc3Cl)S2)cc1. The van der Waals surface area contributed by atoms with E-state index in [9.17, 15) is 24.5 Å². The van der Waals surface area contributed by atoms with Crippen LogP contribution in [0.3, 0.4) is 0 Å². The smallest absolute Gasteiger partial charge is 0.271 e. The third-order valence-electron chi connectivity index (χ3n) is 4.19. The van der Waals surface area contributed by atoms with E-state index in [0.29, 0.717) is 10.7 Å². The van der Waals surface area contributed by atoms with Crippen LogP contribution in [-0.2, 0) is 14.4 Å². The molecule has 160 valence electrons. The van der Waals surface area contributed by atoms with Gasteiger partial charge in [-0.15, -0.1) is 0 Å². The fourth-order valence-corrected chi connectivity index (χ4v) is 3.88. The van der Waals surface area contributed by atoms with Gasteiger partial charge in [0.1, 0.15) is 0 Å². The zero-order valence-corrected chi connectivity index (χ0v) is 17.8. The third-order valence-corrected chi connectivity index (χ3v) is 5.66. The van der Waals surface area contributed by atoms with E-state index in [2.05, 4.69) is 16.0 Å². The van der Waals surface area contributed by atoms with Crippen molar-refractivity contribution < 1.29 is 19.3 Å². The number of hydrogen-bond acceptors (Lipinski definition) is 6. The maximum atomic E-state index is 12.3. The molecule has 1 fully saturated rings. The number of halogens is 1. The zero-order chi connectivity index (χ0) is 22.5. The summed E-state index contributed by atoms with van der Waals surface area (Å²) < 4.78 is 0. The van der Waals surface area contributed by atoms with Gasteiger partial charge in [0.25, 0.3) is 11.6 Å². The number of nitrogens with one attached hydrogen (secondary N) is 3. The second-order valence-electron chi connectivity index (χ2n) is 6.63. The van der Waals surface area contributed by atoms with Crippen molar-refractivity contribution in [2.45, 2.75) is 18.6 Å².